The van der Waals surface area contributed by atoms with Crippen molar-refractivity contribution in [2.45, 2.75) is 0 Å². The number of rotatable bonds is 4. The van der Waals surface area contributed by atoms with Crippen LogP contribution in [0.2, 0.25) is 0 Å². The molecule has 0 unspecified atom stereocenters. The van der Waals surface area contributed by atoms with Crippen molar-refractivity contribution in [1.29, 1.82) is 0 Å². The fraction of sp³-hybridized carbons (Fsp3) is 0.0667. The maximum atomic E-state index is 10.8. The van der Waals surface area contributed by atoms with E-state index in [1.54, 1.807) is 24.3 Å². The summed E-state index contributed by atoms with van der Waals surface area (Å²) in [5.74, 6) is -0.410. The summed E-state index contributed by atoms with van der Waals surface area (Å²) in [7, 11) is 0. The summed E-state index contributed by atoms with van der Waals surface area (Å²) in [5.41, 5.74) is 8.42. The number of benzene rings is 2. The standard InChI is InChI=1S/C15H13ClN2O2/c16-9-14(17)18-13-3-1-2-12(8-13)10-4-6-11(7-5-10)15(19)20/h1-8H,9H2,(H2,17,18)(H,19,20). The van der Waals surface area contributed by atoms with Gasteiger partial charge in [-0.1, -0.05) is 24.3 Å². The zero-order chi connectivity index (χ0) is 14.5. The molecule has 20 heavy (non-hydrogen) atoms. The summed E-state index contributed by atoms with van der Waals surface area (Å²) in [4.78, 5) is 15.0. The Balaban J connectivity index is 2.33. The minimum Gasteiger partial charge on any atom is -0.478 e. The van der Waals surface area contributed by atoms with Crippen LogP contribution in [0.15, 0.2) is 53.5 Å². The molecule has 2 aromatic rings. The predicted octanol–water partition coefficient (Wildman–Crippen LogP) is 3.28. The van der Waals surface area contributed by atoms with Crippen molar-refractivity contribution >= 4 is 29.1 Å². The third-order valence-electron chi connectivity index (χ3n) is 2.72. The molecule has 2 rings (SSSR count). The maximum Gasteiger partial charge on any atom is 0.335 e. The lowest BCUT2D eigenvalue weighted by molar-refractivity contribution is 0.0697. The van der Waals surface area contributed by atoms with E-state index in [0.29, 0.717) is 11.5 Å². The molecule has 0 aliphatic carbocycles. The highest BCUT2D eigenvalue weighted by Crippen LogP contribution is 2.24. The van der Waals surface area contributed by atoms with Gasteiger partial charge in [0.05, 0.1) is 17.1 Å². The molecule has 0 atom stereocenters. The summed E-state index contributed by atoms with van der Waals surface area (Å²) >= 11 is 5.59. The van der Waals surface area contributed by atoms with Gasteiger partial charge in [0, 0.05) is 0 Å². The second-order valence-electron chi connectivity index (χ2n) is 4.17. The van der Waals surface area contributed by atoms with Crippen molar-refractivity contribution in [3.8, 4) is 11.1 Å². The molecule has 3 N–H and O–H groups in total. The predicted molar refractivity (Wildman–Crippen MR) is 80.8 cm³/mol. The number of nitrogens with two attached hydrogens (primary N) is 1. The van der Waals surface area contributed by atoms with E-state index in [4.69, 9.17) is 22.4 Å². The third-order valence-corrected chi connectivity index (χ3v) is 2.99. The zero-order valence-electron chi connectivity index (χ0n) is 10.6. The molecule has 4 nitrogen and oxygen atoms in total. The van der Waals surface area contributed by atoms with Crippen LogP contribution in [-0.2, 0) is 0 Å². The van der Waals surface area contributed by atoms with E-state index < -0.39 is 5.97 Å². The number of nitrogens with zero attached hydrogens (tertiary/aromatic N) is 1. The molecule has 5 heteroatoms. The van der Waals surface area contributed by atoms with Gasteiger partial charge in [-0.2, -0.15) is 0 Å². The quantitative estimate of drug-likeness (QED) is 0.515. The first-order valence-corrected chi connectivity index (χ1v) is 6.46. The van der Waals surface area contributed by atoms with Gasteiger partial charge in [0.2, 0.25) is 0 Å². The largest absolute Gasteiger partial charge is 0.478 e. The third kappa shape index (κ3) is 3.36. The number of hydrogen-bond donors (Lipinski definition) is 2. The second-order valence-corrected chi connectivity index (χ2v) is 4.44. The Hall–Kier alpha value is -2.33. The van der Waals surface area contributed by atoms with Crippen molar-refractivity contribution < 1.29 is 9.90 Å². The minimum absolute atomic E-state index is 0.178. The van der Waals surface area contributed by atoms with Gasteiger partial charge in [-0.05, 0) is 35.4 Å². The van der Waals surface area contributed by atoms with E-state index in [1.165, 1.54) is 0 Å². The lowest BCUT2D eigenvalue weighted by Crippen LogP contribution is -2.12. The molecule has 2 aromatic carbocycles. The fourth-order valence-corrected chi connectivity index (χ4v) is 1.82. The van der Waals surface area contributed by atoms with Crippen molar-refractivity contribution in [3.63, 3.8) is 0 Å². The monoisotopic (exact) mass is 288 g/mol. The first kappa shape index (κ1) is 14.1. The van der Waals surface area contributed by atoms with Crippen molar-refractivity contribution in [1.82, 2.24) is 0 Å². The van der Waals surface area contributed by atoms with Crippen LogP contribution in [0.3, 0.4) is 0 Å². The number of carboxylic acid groups (broad SMARTS) is 1. The number of carbonyl (C=O) groups is 1. The van der Waals surface area contributed by atoms with E-state index in [9.17, 15) is 4.79 Å². The maximum absolute atomic E-state index is 10.8. The highest BCUT2D eigenvalue weighted by atomic mass is 35.5. The number of carboxylic acids is 1. The molecule has 0 saturated heterocycles. The van der Waals surface area contributed by atoms with Gasteiger partial charge in [-0.3, -0.25) is 0 Å². The molecular weight excluding hydrogens is 276 g/mol. The molecule has 102 valence electrons. The van der Waals surface area contributed by atoms with Crippen LogP contribution in [0.1, 0.15) is 10.4 Å². The summed E-state index contributed by atoms with van der Waals surface area (Å²) in [5, 5.41) is 8.87. The topological polar surface area (TPSA) is 75.7 Å². The second kappa shape index (κ2) is 6.21. The Labute approximate surface area is 121 Å². The average molecular weight is 289 g/mol. The molecule has 0 saturated carbocycles. The smallest absolute Gasteiger partial charge is 0.335 e. The lowest BCUT2D eigenvalue weighted by atomic mass is 10.0. The van der Waals surface area contributed by atoms with Crippen LogP contribution in [0, 0.1) is 0 Å². The van der Waals surface area contributed by atoms with Crippen LogP contribution in [-0.4, -0.2) is 22.8 Å². The normalized spacial score (nSPS) is 11.3. The molecular formula is C15H13ClN2O2. The molecule has 0 radical (unpaired) electrons. The lowest BCUT2D eigenvalue weighted by Gasteiger charge is -2.04. The number of aromatic carboxylic acids is 1. The van der Waals surface area contributed by atoms with Gasteiger partial charge in [0.25, 0.3) is 0 Å². The molecule has 0 aliphatic heterocycles. The van der Waals surface area contributed by atoms with Gasteiger partial charge in [-0.15, -0.1) is 11.6 Å². The Kier molecular flexibility index (Phi) is 4.38. The molecule has 0 amide bonds. The van der Waals surface area contributed by atoms with Gasteiger partial charge in [-0.25, -0.2) is 9.79 Å². The van der Waals surface area contributed by atoms with Crippen molar-refractivity contribution in [2.75, 3.05) is 5.88 Å². The fourth-order valence-electron chi connectivity index (χ4n) is 1.76. The number of amidine groups is 1. The molecule has 0 fully saturated rings. The Morgan fingerprint density at radius 3 is 2.45 bits per heavy atom. The Morgan fingerprint density at radius 2 is 1.85 bits per heavy atom. The molecule has 0 spiro atoms. The first-order chi connectivity index (χ1) is 9.60. The molecule has 0 bridgehead atoms. The summed E-state index contributed by atoms with van der Waals surface area (Å²) < 4.78 is 0. The average Bonchev–Trinajstić information content (AvgIpc) is 2.47. The first-order valence-electron chi connectivity index (χ1n) is 5.93. The Bertz CT molecular complexity index is 651. The summed E-state index contributed by atoms with van der Waals surface area (Å²) in [6.45, 7) is 0. The SMILES string of the molecule is NC(CCl)=Nc1cccc(-c2ccc(C(=O)O)cc2)c1. The summed E-state index contributed by atoms with van der Waals surface area (Å²) in [6.07, 6.45) is 0. The van der Waals surface area contributed by atoms with E-state index >= 15 is 0 Å². The molecule has 0 aromatic heterocycles. The van der Waals surface area contributed by atoms with E-state index in [2.05, 4.69) is 4.99 Å². The van der Waals surface area contributed by atoms with Gasteiger partial charge < -0.3 is 10.8 Å². The van der Waals surface area contributed by atoms with Gasteiger partial charge in [0.1, 0.15) is 5.84 Å². The van der Waals surface area contributed by atoms with Gasteiger partial charge in [0.15, 0.2) is 0 Å². The van der Waals surface area contributed by atoms with Crippen LogP contribution in [0.25, 0.3) is 11.1 Å². The van der Waals surface area contributed by atoms with E-state index in [0.717, 1.165) is 11.1 Å². The van der Waals surface area contributed by atoms with Crippen molar-refractivity contribution in [2.24, 2.45) is 10.7 Å². The van der Waals surface area contributed by atoms with E-state index in [-0.39, 0.29) is 11.4 Å². The summed E-state index contributed by atoms with van der Waals surface area (Å²) in [6, 6.07) is 14.1. The van der Waals surface area contributed by atoms with Crippen molar-refractivity contribution in [3.05, 3.63) is 54.1 Å². The highest BCUT2D eigenvalue weighted by molar-refractivity contribution is 6.28. The Morgan fingerprint density at radius 1 is 1.15 bits per heavy atom. The number of halogens is 1. The van der Waals surface area contributed by atoms with Crippen LogP contribution >= 0.6 is 11.6 Å². The van der Waals surface area contributed by atoms with Crippen LogP contribution < -0.4 is 5.73 Å². The number of hydrogen-bond acceptors (Lipinski definition) is 2. The molecule has 0 aliphatic rings. The zero-order valence-corrected chi connectivity index (χ0v) is 11.3. The molecule has 0 heterocycles. The van der Waals surface area contributed by atoms with Crippen LogP contribution in [0.5, 0.6) is 0 Å². The number of aliphatic imine (C=N–C) groups is 1. The number of alkyl halides is 1. The van der Waals surface area contributed by atoms with Gasteiger partial charge >= 0.3 is 5.97 Å². The van der Waals surface area contributed by atoms with E-state index in [1.807, 2.05) is 24.3 Å². The van der Waals surface area contributed by atoms with Crippen LogP contribution in [0.4, 0.5) is 5.69 Å². The minimum atomic E-state index is -0.940. The highest BCUT2D eigenvalue weighted by Gasteiger charge is 2.03.